The van der Waals surface area contributed by atoms with E-state index >= 15 is 0 Å². The molecule has 0 saturated carbocycles. The third-order valence-corrected chi connectivity index (χ3v) is 4.23. The van der Waals surface area contributed by atoms with E-state index in [9.17, 15) is 4.21 Å². The van der Waals surface area contributed by atoms with Crippen molar-refractivity contribution in [2.45, 2.75) is 46.2 Å². The highest BCUT2D eigenvalue weighted by Crippen LogP contribution is 2.19. The molecule has 0 spiro atoms. The van der Waals surface area contributed by atoms with Gasteiger partial charge in [-0.3, -0.25) is 9.11 Å². The molecule has 0 aromatic heterocycles. The van der Waals surface area contributed by atoms with Crippen LogP contribution in [0.15, 0.2) is 0 Å². The monoisotopic (exact) mass is 217 g/mol. The van der Waals surface area contributed by atoms with Gasteiger partial charge < -0.3 is 0 Å². The van der Waals surface area contributed by atoms with Crippen LogP contribution < -0.4 is 0 Å². The van der Waals surface area contributed by atoms with Crippen LogP contribution in [0, 0.1) is 5.92 Å². The molecule has 2 atom stereocenters. The highest BCUT2D eigenvalue weighted by Gasteiger charge is 2.28. The predicted octanol–water partition coefficient (Wildman–Crippen LogP) is 1.87. The Balaban J connectivity index is 2.58. The van der Waals surface area contributed by atoms with Gasteiger partial charge in [-0.1, -0.05) is 13.8 Å². The molecule has 1 fully saturated rings. The fourth-order valence-electron chi connectivity index (χ4n) is 2.21. The Morgan fingerprint density at radius 3 is 2.50 bits per heavy atom. The molecule has 14 heavy (non-hydrogen) atoms. The van der Waals surface area contributed by atoms with E-state index in [0.717, 1.165) is 18.1 Å². The van der Waals surface area contributed by atoms with E-state index in [0.29, 0.717) is 18.0 Å². The fourth-order valence-corrected chi connectivity index (χ4v) is 3.55. The maximum absolute atomic E-state index is 11.5. The molecule has 0 aromatic carbocycles. The largest absolute Gasteiger partial charge is 0.296 e. The molecule has 1 heterocycles. The Labute approximate surface area is 90.5 Å². The van der Waals surface area contributed by atoms with Crippen LogP contribution in [0.2, 0.25) is 0 Å². The molecular formula is C11H23NOS. The van der Waals surface area contributed by atoms with Gasteiger partial charge in [0.1, 0.15) is 0 Å². The highest BCUT2D eigenvalue weighted by molar-refractivity contribution is 7.85. The van der Waals surface area contributed by atoms with E-state index < -0.39 is 10.8 Å². The zero-order valence-electron chi connectivity index (χ0n) is 9.82. The summed E-state index contributed by atoms with van der Waals surface area (Å²) in [4.78, 5) is 2.52. The van der Waals surface area contributed by atoms with Gasteiger partial charge in [0.15, 0.2) is 0 Å². The second-order valence-corrected chi connectivity index (χ2v) is 6.55. The first kappa shape index (κ1) is 12.2. The van der Waals surface area contributed by atoms with Gasteiger partial charge in [0, 0.05) is 40.9 Å². The standard InChI is InChI=1S/C11H23NOS/c1-9(2)7-11-8-14(13)6-5-12(11)10(3)4/h9-11H,5-8H2,1-4H3. The quantitative estimate of drug-likeness (QED) is 0.719. The van der Waals surface area contributed by atoms with E-state index in [-0.39, 0.29) is 0 Å². The van der Waals surface area contributed by atoms with Crippen LogP contribution in [0.1, 0.15) is 34.1 Å². The molecule has 0 aromatic rings. The van der Waals surface area contributed by atoms with Crippen molar-refractivity contribution in [3.63, 3.8) is 0 Å². The molecule has 1 aliphatic heterocycles. The molecule has 0 radical (unpaired) electrons. The molecule has 1 rings (SSSR count). The lowest BCUT2D eigenvalue weighted by Crippen LogP contribution is -2.50. The van der Waals surface area contributed by atoms with Crippen molar-refractivity contribution >= 4 is 10.8 Å². The number of nitrogens with zero attached hydrogens (tertiary/aromatic N) is 1. The maximum Gasteiger partial charge on any atom is 0.0391 e. The van der Waals surface area contributed by atoms with Crippen LogP contribution >= 0.6 is 0 Å². The summed E-state index contributed by atoms with van der Waals surface area (Å²) < 4.78 is 11.5. The summed E-state index contributed by atoms with van der Waals surface area (Å²) in [6.07, 6.45) is 1.18. The fraction of sp³-hybridized carbons (Fsp3) is 1.00. The highest BCUT2D eigenvalue weighted by atomic mass is 32.2. The Bertz CT molecular complexity index is 203. The molecule has 0 aliphatic carbocycles. The van der Waals surface area contributed by atoms with Gasteiger partial charge >= 0.3 is 0 Å². The second-order valence-electron chi connectivity index (χ2n) is 4.93. The van der Waals surface area contributed by atoms with Gasteiger partial charge in [0.05, 0.1) is 0 Å². The molecule has 2 nitrogen and oxygen atoms in total. The first-order chi connectivity index (χ1) is 6.50. The Hall–Kier alpha value is 0.110. The van der Waals surface area contributed by atoms with Crippen LogP contribution in [0.5, 0.6) is 0 Å². The SMILES string of the molecule is CC(C)CC1CS(=O)CCN1C(C)C. The van der Waals surface area contributed by atoms with Gasteiger partial charge in [-0.15, -0.1) is 0 Å². The average Bonchev–Trinajstić information content (AvgIpc) is 2.01. The predicted molar refractivity (Wildman–Crippen MR) is 63.0 cm³/mol. The summed E-state index contributed by atoms with van der Waals surface area (Å²) in [6, 6.07) is 1.14. The lowest BCUT2D eigenvalue weighted by atomic mass is 10.0. The average molecular weight is 217 g/mol. The summed E-state index contributed by atoms with van der Waals surface area (Å²) in [6.45, 7) is 9.98. The smallest absolute Gasteiger partial charge is 0.0391 e. The lowest BCUT2D eigenvalue weighted by molar-refractivity contribution is 0.152. The van der Waals surface area contributed by atoms with Crippen LogP contribution in [-0.4, -0.2) is 39.2 Å². The van der Waals surface area contributed by atoms with Crippen LogP contribution in [0.25, 0.3) is 0 Å². The van der Waals surface area contributed by atoms with Gasteiger partial charge in [-0.25, -0.2) is 0 Å². The minimum Gasteiger partial charge on any atom is -0.296 e. The summed E-state index contributed by atoms with van der Waals surface area (Å²) in [5.74, 6) is 2.46. The maximum atomic E-state index is 11.5. The van der Waals surface area contributed by atoms with Crippen LogP contribution in [0.4, 0.5) is 0 Å². The topological polar surface area (TPSA) is 20.3 Å². The van der Waals surface area contributed by atoms with Crippen molar-refractivity contribution in [3.05, 3.63) is 0 Å². The van der Waals surface area contributed by atoms with E-state index in [2.05, 4.69) is 32.6 Å². The second kappa shape index (κ2) is 5.26. The van der Waals surface area contributed by atoms with Crippen molar-refractivity contribution in [3.8, 4) is 0 Å². The molecule has 2 unspecified atom stereocenters. The normalized spacial score (nSPS) is 30.1. The summed E-state index contributed by atoms with van der Waals surface area (Å²) in [7, 11) is -0.566. The molecule has 84 valence electrons. The minimum absolute atomic E-state index is 0.546. The third-order valence-electron chi connectivity index (χ3n) is 2.83. The molecule has 0 amide bonds. The van der Waals surface area contributed by atoms with Gasteiger partial charge in [-0.05, 0) is 26.2 Å². The van der Waals surface area contributed by atoms with Crippen LogP contribution in [-0.2, 0) is 10.8 Å². The third kappa shape index (κ3) is 3.35. The van der Waals surface area contributed by atoms with Crippen molar-refractivity contribution in [1.29, 1.82) is 0 Å². The van der Waals surface area contributed by atoms with E-state index in [1.807, 2.05) is 0 Å². The zero-order chi connectivity index (χ0) is 10.7. The molecule has 3 heteroatoms. The first-order valence-corrected chi connectivity index (χ1v) is 7.10. The molecule has 1 aliphatic rings. The van der Waals surface area contributed by atoms with Crippen molar-refractivity contribution in [2.24, 2.45) is 5.92 Å². The molecular weight excluding hydrogens is 194 g/mol. The zero-order valence-corrected chi connectivity index (χ0v) is 10.6. The van der Waals surface area contributed by atoms with Crippen LogP contribution in [0.3, 0.4) is 0 Å². The Kier molecular flexibility index (Phi) is 4.58. The van der Waals surface area contributed by atoms with Gasteiger partial charge in [-0.2, -0.15) is 0 Å². The Morgan fingerprint density at radius 1 is 1.36 bits per heavy atom. The number of hydrogen-bond acceptors (Lipinski definition) is 2. The summed E-state index contributed by atoms with van der Waals surface area (Å²) in [5, 5.41) is 0. The van der Waals surface area contributed by atoms with Crippen molar-refractivity contribution < 1.29 is 4.21 Å². The van der Waals surface area contributed by atoms with Gasteiger partial charge in [0.2, 0.25) is 0 Å². The lowest BCUT2D eigenvalue weighted by Gasteiger charge is -2.39. The first-order valence-electron chi connectivity index (χ1n) is 5.61. The van der Waals surface area contributed by atoms with Crippen molar-refractivity contribution in [1.82, 2.24) is 4.90 Å². The number of hydrogen-bond donors (Lipinski definition) is 0. The summed E-state index contributed by atoms with van der Waals surface area (Å²) in [5.41, 5.74) is 0. The molecule has 1 saturated heterocycles. The minimum atomic E-state index is -0.566. The Morgan fingerprint density at radius 2 is 2.00 bits per heavy atom. The van der Waals surface area contributed by atoms with E-state index in [1.165, 1.54) is 6.42 Å². The molecule has 0 bridgehead atoms. The summed E-state index contributed by atoms with van der Waals surface area (Å²) >= 11 is 0. The number of rotatable bonds is 3. The van der Waals surface area contributed by atoms with E-state index in [4.69, 9.17) is 0 Å². The molecule has 0 N–H and O–H groups in total. The van der Waals surface area contributed by atoms with E-state index in [1.54, 1.807) is 0 Å². The van der Waals surface area contributed by atoms with Crippen molar-refractivity contribution in [2.75, 3.05) is 18.1 Å². The van der Waals surface area contributed by atoms with Gasteiger partial charge in [0.25, 0.3) is 0 Å².